The van der Waals surface area contributed by atoms with Crippen molar-refractivity contribution < 1.29 is 9.47 Å². The monoisotopic (exact) mass is 197 g/mol. The van der Waals surface area contributed by atoms with Crippen molar-refractivity contribution in [1.82, 2.24) is 5.32 Å². The molecule has 14 heavy (non-hydrogen) atoms. The second-order valence-electron chi connectivity index (χ2n) is 4.93. The van der Waals surface area contributed by atoms with Crippen molar-refractivity contribution in [2.24, 2.45) is 0 Å². The van der Waals surface area contributed by atoms with Crippen LogP contribution in [0.4, 0.5) is 0 Å². The maximum atomic E-state index is 6.06. The molecule has 80 valence electrons. The third-order valence-corrected chi connectivity index (χ3v) is 3.87. The van der Waals surface area contributed by atoms with E-state index in [-0.39, 0.29) is 0 Å². The Kier molecular flexibility index (Phi) is 2.26. The SMILES string of the molecule is C1CC2(C1)CCC(COC1CNC1)O2. The van der Waals surface area contributed by atoms with Gasteiger partial charge in [-0.2, -0.15) is 0 Å². The molecule has 2 heterocycles. The van der Waals surface area contributed by atoms with Crippen molar-refractivity contribution >= 4 is 0 Å². The lowest BCUT2D eigenvalue weighted by Gasteiger charge is -2.38. The van der Waals surface area contributed by atoms with Gasteiger partial charge in [-0.1, -0.05) is 0 Å². The minimum absolute atomic E-state index is 0.298. The second kappa shape index (κ2) is 3.47. The Morgan fingerprint density at radius 3 is 2.64 bits per heavy atom. The molecule has 0 amide bonds. The molecule has 1 unspecified atom stereocenters. The first-order chi connectivity index (χ1) is 6.86. The van der Waals surface area contributed by atoms with Gasteiger partial charge in [0, 0.05) is 13.1 Å². The lowest BCUT2D eigenvalue weighted by molar-refractivity contribution is -0.121. The van der Waals surface area contributed by atoms with Gasteiger partial charge in [-0.3, -0.25) is 0 Å². The molecule has 0 aromatic carbocycles. The largest absolute Gasteiger partial charge is 0.373 e. The number of rotatable bonds is 3. The Morgan fingerprint density at radius 1 is 1.29 bits per heavy atom. The summed E-state index contributed by atoms with van der Waals surface area (Å²) in [4.78, 5) is 0. The second-order valence-corrected chi connectivity index (χ2v) is 4.93. The molecule has 2 saturated heterocycles. The summed E-state index contributed by atoms with van der Waals surface area (Å²) in [6.45, 7) is 2.86. The first-order valence-corrected chi connectivity index (χ1v) is 5.86. The molecular weight excluding hydrogens is 178 g/mol. The normalized spacial score (nSPS) is 35.6. The van der Waals surface area contributed by atoms with Crippen molar-refractivity contribution in [3.05, 3.63) is 0 Å². The van der Waals surface area contributed by atoms with Crippen LogP contribution in [-0.2, 0) is 9.47 Å². The summed E-state index contributed by atoms with van der Waals surface area (Å²) in [7, 11) is 0. The molecule has 1 aliphatic carbocycles. The predicted molar refractivity (Wildman–Crippen MR) is 53.3 cm³/mol. The van der Waals surface area contributed by atoms with Gasteiger partial charge >= 0.3 is 0 Å². The molecule has 3 heteroatoms. The third kappa shape index (κ3) is 1.58. The van der Waals surface area contributed by atoms with Crippen molar-refractivity contribution in [1.29, 1.82) is 0 Å². The maximum Gasteiger partial charge on any atom is 0.0824 e. The van der Waals surface area contributed by atoms with E-state index in [2.05, 4.69) is 5.32 Å². The third-order valence-electron chi connectivity index (χ3n) is 3.87. The fourth-order valence-corrected chi connectivity index (χ4v) is 2.58. The van der Waals surface area contributed by atoms with E-state index in [9.17, 15) is 0 Å². The highest BCUT2D eigenvalue weighted by Crippen LogP contribution is 2.45. The molecule has 3 nitrogen and oxygen atoms in total. The summed E-state index contributed by atoms with van der Waals surface area (Å²) in [6.07, 6.45) is 7.25. The minimum atomic E-state index is 0.298. The van der Waals surface area contributed by atoms with Crippen LogP contribution in [0.15, 0.2) is 0 Å². The van der Waals surface area contributed by atoms with Crippen LogP contribution in [0.1, 0.15) is 32.1 Å². The molecule has 1 saturated carbocycles. The van der Waals surface area contributed by atoms with E-state index in [1.807, 2.05) is 0 Å². The van der Waals surface area contributed by atoms with Crippen LogP contribution >= 0.6 is 0 Å². The Morgan fingerprint density at radius 2 is 2.14 bits per heavy atom. The summed E-state index contributed by atoms with van der Waals surface area (Å²) in [6, 6.07) is 0. The van der Waals surface area contributed by atoms with Crippen LogP contribution in [0.2, 0.25) is 0 Å². The minimum Gasteiger partial charge on any atom is -0.373 e. The van der Waals surface area contributed by atoms with Crippen molar-refractivity contribution in [3.8, 4) is 0 Å². The van der Waals surface area contributed by atoms with Gasteiger partial charge in [0.2, 0.25) is 0 Å². The van der Waals surface area contributed by atoms with Gasteiger partial charge in [-0.05, 0) is 32.1 Å². The van der Waals surface area contributed by atoms with Crippen molar-refractivity contribution in [3.63, 3.8) is 0 Å². The molecule has 1 N–H and O–H groups in total. The van der Waals surface area contributed by atoms with Gasteiger partial charge in [0.15, 0.2) is 0 Å². The van der Waals surface area contributed by atoms with Crippen LogP contribution in [0.3, 0.4) is 0 Å². The van der Waals surface area contributed by atoms with Crippen LogP contribution in [0.5, 0.6) is 0 Å². The molecule has 0 aromatic rings. The molecular formula is C11H19NO2. The highest BCUT2D eigenvalue weighted by atomic mass is 16.6. The van der Waals surface area contributed by atoms with Gasteiger partial charge < -0.3 is 14.8 Å². The molecule has 1 spiro atoms. The lowest BCUT2D eigenvalue weighted by atomic mass is 9.78. The smallest absolute Gasteiger partial charge is 0.0824 e. The van der Waals surface area contributed by atoms with E-state index in [4.69, 9.17) is 9.47 Å². The number of hydrogen-bond acceptors (Lipinski definition) is 3. The average Bonchev–Trinajstić information content (AvgIpc) is 2.45. The molecule has 0 radical (unpaired) electrons. The zero-order valence-corrected chi connectivity index (χ0v) is 8.63. The Bertz CT molecular complexity index is 211. The van der Waals surface area contributed by atoms with Gasteiger partial charge in [-0.25, -0.2) is 0 Å². The average molecular weight is 197 g/mol. The molecule has 3 rings (SSSR count). The number of hydrogen-bond donors (Lipinski definition) is 1. The van der Waals surface area contributed by atoms with E-state index >= 15 is 0 Å². The number of ether oxygens (including phenoxy) is 2. The highest BCUT2D eigenvalue weighted by molar-refractivity contribution is 4.95. The maximum absolute atomic E-state index is 6.06. The lowest BCUT2D eigenvalue weighted by Crippen LogP contribution is -2.49. The molecule has 3 fully saturated rings. The predicted octanol–water partition coefficient (Wildman–Crippen LogP) is 1.08. The summed E-state index contributed by atoms with van der Waals surface area (Å²) < 4.78 is 11.8. The van der Waals surface area contributed by atoms with Crippen molar-refractivity contribution in [2.45, 2.75) is 49.9 Å². The molecule has 0 bridgehead atoms. The summed E-state index contributed by atoms with van der Waals surface area (Å²) in [5.74, 6) is 0. The van der Waals surface area contributed by atoms with Gasteiger partial charge in [0.05, 0.1) is 24.4 Å². The molecule has 0 aromatic heterocycles. The van der Waals surface area contributed by atoms with Gasteiger partial charge in [0.25, 0.3) is 0 Å². The first-order valence-electron chi connectivity index (χ1n) is 5.86. The van der Waals surface area contributed by atoms with Crippen LogP contribution < -0.4 is 5.32 Å². The Hall–Kier alpha value is -0.120. The molecule has 2 aliphatic heterocycles. The fraction of sp³-hybridized carbons (Fsp3) is 1.00. The highest BCUT2D eigenvalue weighted by Gasteiger charge is 2.44. The summed E-state index contributed by atoms with van der Waals surface area (Å²) in [5, 5.41) is 3.21. The zero-order chi connectivity index (χ0) is 9.43. The van der Waals surface area contributed by atoms with E-state index in [0.717, 1.165) is 19.7 Å². The Balaban J connectivity index is 1.41. The zero-order valence-electron chi connectivity index (χ0n) is 8.63. The van der Waals surface area contributed by atoms with Gasteiger partial charge in [0.1, 0.15) is 0 Å². The van der Waals surface area contributed by atoms with Crippen molar-refractivity contribution in [2.75, 3.05) is 19.7 Å². The van der Waals surface area contributed by atoms with E-state index < -0.39 is 0 Å². The molecule has 3 aliphatic rings. The van der Waals surface area contributed by atoms with E-state index in [0.29, 0.717) is 17.8 Å². The summed E-state index contributed by atoms with van der Waals surface area (Å²) >= 11 is 0. The molecule has 1 atom stereocenters. The fourth-order valence-electron chi connectivity index (χ4n) is 2.58. The number of nitrogens with one attached hydrogen (secondary N) is 1. The van der Waals surface area contributed by atoms with Crippen LogP contribution in [-0.4, -0.2) is 37.5 Å². The topological polar surface area (TPSA) is 30.5 Å². The van der Waals surface area contributed by atoms with Gasteiger partial charge in [-0.15, -0.1) is 0 Å². The quantitative estimate of drug-likeness (QED) is 0.734. The standard InChI is InChI=1S/C11H19NO2/c1-3-11(4-1)5-2-9(14-11)8-13-10-6-12-7-10/h9-10,12H,1-8H2. The summed E-state index contributed by atoms with van der Waals surface area (Å²) in [5.41, 5.74) is 0.298. The first kappa shape index (κ1) is 9.13. The van der Waals surface area contributed by atoms with Crippen LogP contribution in [0, 0.1) is 0 Å². The van der Waals surface area contributed by atoms with Crippen LogP contribution in [0.25, 0.3) is 0 Å². The van der Waals surface area contributed by atoms with E-state index in [1.165, 1.54) is 32.1 Å². The Labute approximate surface area is 85.1 Å². The van der Waals surface area contributed by atoms with E-state index in [1.54, 1.807) is 0 Å².